The molecule has 2 aromatic carbocycles. The lowest BCUT2D eigenvalue weighted by molar-refractivity contribution is -0.116. The predicted molar refractivity (Wildman–Crippen MR) is 145 cm³/mol. The van der Waals surface area contributed by atoms with Gasteiger partial charge < -0.3 is 9.47 Å². The maximum Gasteiger partial charge on any atom is 0.225 e. The summed E-state index contributed by atoms with van der Waals surface area (Å²) in [7, 11) is 1.66. The number of thioether (sulfide) groups is 1. The molecule has 35 heavy (non-hydrogen) atoms. The van der Waals surface area contributed by atoms with Crippen LogP contribution in [-0.2, 0) is 4.79 Å². The molecule has 0 aromatic heterocycles. The number of methoxy groups -OCH3 is 1. The molecule has 1 saturated carbocycles. The van der Waals surface area contributed by atoms with Gasteiger partial charge >= 0.3 is 0 Å². The quantitative estimate of drug-likeness (QED) is 0.327. The summed E-state index contributed by atoms with van der Waals surface area (Å²) in [5.41, 5.74) is 1.82. The van der Waals surface area contributed by atoms with Gasteiger partial charge in [-0.3, -0.25) is 14.6 Å². The monoisotopic (exact) mass is 516 g/mol. The highest BCUT2D eigenvalue weighted by molar-refractivity contribution is 8.00. The molecule has 5 nitrogen and oxygen atoms in total. The van der Waals surface area contributed by atoms with Crippen molar-refractivity contribution in [2.75, 3.05) is 25.2 Å². The van der Waals surface area contributed by atoms with E-state index in [1.54, 1.807) is 25.8 Å². The van der Waals surface area contributed by atoms with Crippen LogP contribution in [0.1, 0.15) is 70.2 Å². The third kappa shape index (κ3) is 6.10. The van der Waals surface area contributed by atoms with E-state index in [0.29, 0.717) is 23.7 Å². The Morgan fingerprint density at radius 2 is 1.94 bits per heavy atom. The molecule has 2 aromatic rings. The Balaban J connectivity index is 1.49. The molecule has 0 saturated heterocycles. The van der Waals surface area contributed by atoms with Crippen LogP contribution in [0, 0.1) is 0 Å². The molecule has 1 fully saturated rings. The standard InChI is InChI=1S/C28H37ClN2O3S/c1-19(2)30(22-9-6-5-7-10-22)15-8-16-34-26-14-12-23(33-4)18-24(26)28-31(20(3)32)25-13-11-21(29)17-27(25)35-28/h11-14,17-19,22,28H,5-10,15-16H2,1-4H3. The molecule has 1 aliphatic carbocycles. The summed E-state index contributed by atoms with van der Waals surface area (Å²) in [5, 5.41) is 0.427. The first-order chi connectivity index (χ1) is 16.9. The first-order valence-electron chi connectivity index (χ1n) is 12.7. The number of halogens is 1. The summed E-state index contributed by atoms with van der Waals surface area (Å²) in [5.74, 6) is 1.52. The largest absolute Gasteiger partial charge is 0.497 e. The summed E-state index contributed by atoms with van der Waals surface area (Å²) in [4.78, 5) is 18.2. The van der Waals surface area contributed by atoms with Crippen molar-refractivity contribution in [2.24, 2.45) is 0 Å². The number of nitrogens with zero attached hydrogens (tertiary/aromatic N) is 2. The molecule has 7 heteroatoms. The SMILES string of the molecule is COc1ccc(OCCCN(C(C)C)C2CCCCC2)c(C2Sc3cc(Cl)ccc3N2C(C)=O)c1. The number of fused-ring (bicyclic) bond motifs is 1. The van der Waals surface area contributed by atoms with Gasteiger partial charge in [-0.2, -0.15) is 0 Å². The molecule has 1 heterocycles. The van der Waals surface area contributed by atoms with E-state index in [0.717, 1.165) is 40.6 Å². The summed E-state index contributed by atoms with van der Waals surface area (Å²) in [6.07, 6.45) is 7.65. The number of carbonyl (C=O) groups is 1. The molecular weight excluding hydrogens is 480 g/mol. The zero-order chi connectivity index (χ0) is 24.9. The predicted octanol–water partition coefficient (Wildman–Crippen LogP) is 7.32. The lowest BCUT2D eigenvalue weighted by Gasteiger charge is -2.37. The molecule has 1 aliphatic heterocycles. The maximum atomic E-state index is 12.7. The van der Waals surface area contributed by atoms with Gasteiger partial charge in [0.25, 0.3) is 0 Å². The summed E-state index contributed by atoms with van der Waals surface area (Å²) in [6.45, 7) is 7.87. The van der Waals surface area contributed by atoms with Crippen LogP contribution in [-0.4, -0.2) is 43.2 Å². The number of hydrogen-bond acceptors (Lipinski definition) is 5. The Bertz CT molecular complexity index is 1030. The van der Waals surface area contributed by atoms with Crippen LogP contribution >= 0.6 is 23.4 Å². The van der Waals surface area contributed by atoms with Crippen LogP contribution in [0.5, 0.6) is 11.5 Å². The number of carbonyl (C=O) groups excluding carboxylic acids is 1. The van der Waals surface area contributed by atoms with Crippen molar-refractivity contribution >= 4 is 35.0 Å². The van der Waals surface area contributed by atoms with Crippen molar-refractivity contribution in [3.05, 3.63) is 47.0 Å². The van der Waals surface area contributed by atoms with Gasteiger partial charge in [0.15, 0.2) is 0 Å². The second-order valence-corrected chi connectivity index (χ2v) is 11.3. The van der Waals surface area contributed by atoms with Crippen molar-refractivity contribution in [3.63, 3.8) is 0 Å². The first kappa shape index (κ1) is 26.2. The summed E-state index contributed by atoms with van der Waals surface area (Å²) < 4.78 is 11.9. The highest BCUT2D eigenvalue weighted by Crippen LogP contribution is 2.54. The van der Waals surface area contributed by atoms with Gasteiger partial charge in [0, 0.05) is 41.0 Å². The van der Waals surface area contributed by atoms with E-state index in [1.807, 2.05) is 41.3 Å². The Morgan fingerprint density at radius 3 is 2.63 bits per heavy atom. The summed E-state index contributed by atoms with van der Waals surface area (Å²) in [6, 6.07) is 12.8. The molecular formula is C28H37ClN2O3S. The van der Waals surface area contributed by atoms with E-state index in [4.69, 9.17) is 21.1 Å². The smallest absolute Gasteiger partial charge is 0.225 e. The Labute approximate surface area is 219 Å². The zero-order valence-corrected chi connectivity index (χ0v) is 22.8. The zero-order valence-electron chi connectivity index (χ0n) is 21.3. The third-order valence-electron chi connectivity index (χ3n) is 7.00. The highest BCUT2D eigenvalue weighted by atomic mass is 35.5. The maximum absolute atomic E-state index is 12.7. The lowest BCUT2D eigenvalue weighted by Crippen LogP contribution is -2.42. The van der Waals surface area contributed by atoms with Gasteiger partial charge in [-0.1, -0.05) is 42.6 Å². The number of rotatable bonds is 9. The minimum Gasteiger partial charge on any atom is -0.497 e. The van der Waals surface area contributed by atoms with Gasteiger partial charge in [-0.25, -0.2) is 0 Å². The second kappa shape index (κ2) is 11.9. The van der Waals surface area contributed by atoms with Gasteiger partial charge in [0.05, 0.1) is 19.4 Å². The van der Waals surface area contributed by atoms with Crippen LogP contribution in [0.25, 0.3) is 0 Å². The molecule has 190 valence electrons. The van der Waals surface area contributed by atoms with E-state index >= 15 is 0 Å². The van der Waals surface area contributed by atoms with E-state index in [9.17, 15) is 4.79 Å². The van der Waals surface area contributed by atoms with Crippen LogP contribution in [0.4, 0.5) is 5.69 Å². The van der Waals surface area contributed by atoms with E-state index in [1.165, 1.54) is 32.1 Å². The second-order valence-electron chi connectivity index (χ2n) is 9.70. The molecule has 1 amide bonds. The average molecular weight is 517 g/mol. The van der Waals surface area contributed by atoms with Crippen LogP contribution in [0.3, 0.4) is 0 Å². The minimum absolute atomic E-state index is 0.0163. The third-order valence-corrected chi connectivity index (χ3v) is 8.51. The fraction of sp³-hybridized carbons (Fsp3) is 0.536. The van der Waals surface area contributed by atoms with Crippen LogP contribution < -0.4 is 14.4 Å². The summed E-state index contributed by atoms with van der Waals surface area (Å²) >= 11 is 7.86. The first-order valence-corrected chi connectivity index (χ1v) is 14.0. The molecule has 0 bridgehead atoms. The van der Waals surface area contributed by atoms with Crippen molar-refractivity contribution in [1.29, 1.82) is 0 Å². The normalized spacial score (nSPS) is 18.3. The number of amides is 1. The Morgan fingerprint density at radius 1 is 1.17 bits per heavy atom. The van der Waals surface area contributed by atoms with Crippen molar-refractivity contribution in [2.45, 2.75) is 81.6 Å². The lowest BCUT2D eigenvalue weighted by atomic mass is 9.93. The number of benzene rings is 2. The van der Waals surface area contributed by atoms with E-state index in [2.05, 4.69) is 18.7 Å². The molecule has 1 atom stereocenters. The van der Waals surface area contributed by atoms with Gasteiger partial charge in [0.2, 0.25) is 5.91 Å². The van der Waals surface area contributed by atoms with Gasteiger partial charge in [-0.15, -0.1) is 0 Å². The van der Waals surface area contributed by atoms with Crippen LogP contribution in [0.15, 0.2) is 41.3 Å². The fourth-order valence-electron chi connectivity index (χ4n) is 5.30. The van der Waals surface area contributed by atoms with Gasteiger partial charge in [0.1, 0.15) is 16.9 Å². The van der Waals surface area contributed by atoms with Crippen molar-refractivity contribution in [1.82, 2.24) is 4.90 Å². The Hall–Kier alpha value is -1.89. The Kier molecular flexibility index (Phi) is 8.90. The molecule has 0 spiro atoms. The minimum atomic E-state index is -0.236. The van der Waals surface area contributed by atoms with Crippen molar-refractivity contribution in [3.8, 4) is 11.5 Å². The molecule has 2 aliphatic rings. The van der Waals surface area contributed by atoms with Gasteiger partial charge in [-0.05, 0) is 69.5 Å². The molecule has 1 unspecified atom stereocenters. The van der Waals surface area contributed by atoms with E-state index < -0.39 is 0 Å². The molecule has 0 radical (unpaired) electrons. The number of ether oxygens (including phenoxy) is 2. The van der Waals surface area contributed by atoms with E-state index in [-0.39, 0.29) is 11.3 Å². The van der Waals surface area contributed by atoms with Crippen LogP contribution in [0.2, 0.25) is 5.02 Å². The topological polar surface area (TPSA) is 42.0 Å². The number of anilines is 1. The highest BCUT2D eigenvalue weighted by Gasteiger charge is 2.36. The van der Waals surface area contributed by atoms with Crippen molar-refractivity contribution < 1.29 is 14.3 Å². The molecule has 4 rings (SSSR count). The molecule has 0 N–H and O–H groups in total. The average Bonchev–Trinajstić information content (AvgIpc) is 3.23. The fourth-order valence-corrected chi connectivity index (χ4v) is 6.94. The number of hydrogen-bond donors (Lipinski definition) is 0.